The Morgan fingerprint density at radius 3 is 2.58 bits per heavy atom. The van der Waals surface area contributed by atoms with E-state index < -0.39 is 5.91 Å². The zero-order chi connectivity index (χ0) is 16.9. The van der Waals surface area contributed by atoms with Gasteiger partial charge in [0, 0.05) is 13.3 Å². The van der Waals surface area contributed by atoms with Gasteiger partial charge in [0.1, 0.15) is 11.8 Å². The average molecular weight is 325 g/mol. The number of hydrogen-bond acceptors (Lipinski definition) is 4. The van der Waals surface area contributed by atoms with Crippen molar-refractivity contribution in [1.82, 2.24) is 10.3 Å². The van der Waals surface area contributed by atoms with Gasteiger partial charge in [0.15, 0.2) is 0 Å². The summed E-state index contributed by atoms with van der Waals surface area (Å²) < 4.78 is 5.79. The molecule has 1 aliphatic heterocycles. The lowest BCUT2D eigenvalue weighted by molar-refractivity contribution is 0.0992. The molecule has 24 heavy (non-hydrogen) atoms. The van der Waals surface area contributed by atoms with Crippen LogP contribution < -0.4 is 11.1 Å². The van der Waals surface area contributed by atoms with E-state index in [0.717, 1.165) is 42.6 Å². The van der Waals surface area contributed by atoms with Crippen molar-refractivity contribution >= 4 is 5.91 Å². The van der Waals surface area contributed by atoms with Gasteiger partial charge < -0.3 is 15.8 Å². The zero-order valence-electron chi connectivity index (χ0n) is 13.9. The summed E-state index contributed by atoms with van der Waals surface area (Å²) in [6.45, 7) is 1.86. The van der Waals surface area contributed by atoms with Crippen LogP contribution in [0.5, 0.6) is 0 Å². The largest absolute Gasteiger partial charge is 0.372 e. The van der Waals surface area contributed by atoms with Crippen LogP contribution in [0.2, 0.25) is 0 Å². The van der Waals surface area contributed by atoms with Crippen molar-refractivity contribution in [2.24, 2.45) is 5.73 Å². The monoisotopic (exact) mass is 325 g/mol. The highest BCUT2D eigenvalue weighted by atomic mass is 16.5. The lowest BCUT2D eigenvalue weighted by atomic mass is 9.83. The molecule has 0 saturated carbocycles. The maximum Gasteiger partial charge on any atom is 0.267 e. The Hall–Kier alpha value is -2.24. The molecule has 5 heteroatoms. The van der Waals surface area contributed by atoms with Crippen LogP contribution in [0.3, 0.4) is 0 Å². The number of carbonyl (C=O) groups is 1. The third-order valence-corrected chi connectivity index (χ3v) is 4.63. The average Bonchev–Trinajstić information content (AvgIpc) is 2.64. The molecule has 1 aliphatic rings. The highest BCUT2D eigenvalue weighted by Crippen LogP contribution is 2.36. The van der Waals surface area contributed by atoms with Crippen LogP contribution in [-0.2, 0) is 4.74 Å². The molecule has 2 heterocycles. The molecule has 1 fully saturated rings. The maximum absolute atomic E-state index is 12.0. The lowest BCUT2D eigenvalue weighted by Gasteiger charge is -2.29. The minimum atomic E-state index is -0.478. The van der Waals surface area contributed by atoms with Crippen molar-refractivity contribution in [2.75, 3.05) is 20.2 Å². The Morgan fingerprint density at radius 2 is 1.96 bits per heavy atom. The quantitative estimate of drug-likeness (QED) is 0.885. The van der Waals surface area contributed by atoms with E-state index in [1.54, 1.807) is 13.3 Å². The smallest absolute Gasteiger partial charge is 0.267 e. The number of amides is 1. The van der Waals surface area contributed by atoms with Crippen LogP contribution in [0.1, 0.15) is 52.0 Å². The van der Waals surface area contributed by atoms with Crippen LogP contribution in [0.4, 0.5) is 0 Å². The molecular formula is C19H23N3O2. The molecular weight excluding hydrogens is 302 g/mol. The number of piperidine rings is 1. The van der Waals surface area contributed by atoms with Gasteiger partial charge in [-0.15, -0.1) is 0 Å². The van der Waals surface area contributed by atoms with Crippen molar-refractivity contribution < 1.29 is 9.53 Å². The van der Waals surface area contributed by atoms with Gasteiger partial charge in [0.25, 0.3) is 5.91 Å². The normalized spacial score (nSPS) is 16.7. The highest BCUT2D eigenvalue weighted by Gasteiger charge is 2.28. The number of pyridine rings is 1. The van der Waals surface area contributed by atoms with Gasteiger partial charge in [-0.05, 0) is 54.6 Å². The fraction of sp³-hybridized carbons (Fsp3) is 0.368. The van der Waals surface area contributed by atoms with Crippen molar-refractivity contribution in [3.8, 4) is 0 Å². The van der Waals surface area contributed by atoms with E-state index in [1.165, 1.54) is 0 Å². The van der Waals surface area contributed by atoms with Gasteiger partial charge in [-0.3, -0.25) is 9.78 Å². The molecule has 3 N–H and O–H groups in total. The molecule has 0 aliphatic carbocycles. The Kier molecular flexibility index (Phi) is 5.23. The van der Waals surface area contributed by atoms with Gasteiger partial charge in [-0.1, -0.05) is 30.3 Å². The summed E-state index contributed by atoms with van der Waals surface area (Å²) in [6.07, 6.45) is 3.33. The molecule has 1 aromatic heterocycles. The summed E-state index contributed by atoms with van der Waals surface area (Å²) in [7, 11) is 1.69. The van der Waals surface area contributed by atoms with Crippen LogP contribution >= 0.6 is 0 Å². The van der Waals surface area contributed by atoms with E-state index in [1.807, 2.05) is 36.4 Å². The van der Waals surface area contributed by atoms with Crippen LogP contribution in [0, 0.1) is 0 Å². The third-order valence-electron chi connectivity index (χ3n) is 4.63. The predicted octanol–water partition coefficient (Wildman–Crippen LogP) is 2.38. The maximum atomic E-state index is 12.0. The second-order valence-corrected chi connectivity index (χ2v) is 6.08. The number of hydrogen-bond donors (Lipinski definition) is 2. The van der Waals surface area contributed by atoms with E-state index in [9.17, 15) is 4.79 Å². The number of methoxy groups -OCH3 is 1. The van der Waals surface area contributed by atoms with Gasteiger partial charge in [0.05, 0.1) is 0 Å². The molecule has 2 aromatic rings. The summed E-state index contributed by atoms with van der Waals surface area (Å²) in [4.78, 5) is 16.2. The molecule has 1 atom stereocenters. The van der Waals surface area contributed by atoms with Crippen LogP contribution in [0.25, 0.3) is 0 Å². The minimum absolute atomic E-state index is 0.239. The highest BCUT2D eigenvalue weighted by molar-refractivity contribution is 5.92. The molecule has 3 rings (SSSR count). The molecule has 1 amide bonds. The first-order chi connectivity index (χ1) is 11.7. The molecule has 5 nitrogen and oxygen atoms in total. The first-order valence-corrected chi connectivity index (χ1v) is 8.29. The number of ether oxygens (including phenoxy) is 1. The molecule has 1 unspecified atom stereocenters. The van der Waals surface area contributed by atoms with Crippen molar-refractivity contribution in [1.29, 1.82) is 0 Å². The summed E-state index contributed by atoms with van der Waals surface area (Å²) in [5, 5.41) is 3.36. The number of nitrogens with two attached hydrogens (primary N) is 1. The predicted molar refractivity (Wildman–Crippen MR) is 92.9 cm³/mol. The standard InChI is InChI=1S/C19H23N3O2/c1-24-18(14-5-3-2-4-6-14)15-9-12-22-17(19(20)23)16(15)13-7-10-21-11-8-13/h2-6,9,12-13,18,21H,7-8,10-11H2,1H3,(H2,20,23). The number of nitrogens with one attached hydrogen (secondary N) is 1. The number of primary amides is 1. The first kappa shape index (κ1) is 16.6. The summed E-state index contributed by atoms with van der Waals surface area (Å²) >= 11 is 0. The minimum Gasteiger partial charge on any atom is -0.372 e. The number of rotatable bonds is 5. The molecule has 1 aromatic carbocycles. The molecule has 126 valence electrons. The van der Waals surface area contributed by atoms with Crippen LogP contribution in [0.15, 0.2) is 42.6 Å². The fourth-order valence-corrected chi connectivity index (χ4v) is 3.52. The number of nitrogens with zero attached hydrogens (tertiary/aromatic N) is 1. The summed E-state index contributed by atoms with van der Waals surface area (Å²) in [5.74, 6) is -0.216. The van der Waals surface area contributed by atoms with E-state index >= 15 is 0 Å². The van der Waals surface area contributed by atoms with Crippen molar-refractivity contribution in [3.05, 3.63) is 65.0 Å². The summed E-state index contributed by atoms with van der Waals surface area (Å²) in [5.41, 5.74) is 8.97. The van der Waals surface area contributed by atoms with Crippen LogP contribution in [-0.4, -0.2) is 31.1 Å². The Balaban J connectivity index is 2.12. The lowest BCUT2D eigenvalue weighted by Crippen LogP contribution is -2.29. The number of aromatic nitrogens is 1. The molecule has 1 saturated heterocycles. The van der Waals surface area contributed by atoms with E-state index in [-0.39, 0.29) is 12.0 Å². The Labute approximate surface area is 142 Å². The fourth-order valence-electron chi connectivity index (χ4n) is 3.52. The molecule has 0 radical (unpaired) electrons. The topological polar surface area (TPSA) is 77.2 Å². The number of carbonyl (C=O) groups excluding carboxylic acids is 1. The summed E-state index contributed by atoms with van der Waals surface area (Å²) in [6, 6.07) is 12.0. The zero-order valence-corrected chi connectivity index (χ0v) is 13.9. The van der Waals surface area contributed by atoms with Gasteiger partial charge in [-0.25, -0.2) is 0 Å². The second kappa shape index (κ2) is 7.55. The van der Waals surface area contributed by atoms with E-state index in [0.29, 0.717) is 5.69 Å². The first-order valence-electron chi connectivity index (χ1n) is 8.29. The van der Waals surface area contributed by atoms with Gasteiger partial charge in [0.2, 0.25) is 0 Å². The second-order valence-electron chi connectivity index (χ2n) is 6.08. The van der Waals surface area contributed by atoms with Gasteiger partial charge >= 0.3 is 0 Å². The Bertz CT molecular complexity index is 697. The third kappa shape index (κ3) is 3.32. The number of benzene rings is 1. The van der Waals surface area contributed by atoms with E-state index in [2.05, 4.69) is 10.3 Å². The van der Waals surface area contributed by atoms with E-state index in [4.69, 9.17) is 10.5 Å². The van der Waals surface area contributed by atoms with Crippen molar-refractivity contribution in [3.63, 3.8) is 0 Å². The SMILES string of the molecule is COC(c1ccccc1)c1ccnc(C(N)=O)c1C1CCNCC1. The van der Waals surface area contributed by atoms with Gasteiger partial charge in [-0.2, -0.15) is 0 Å². The van der Waals surface area contributed by atoms with Crippen molar-refractivity contribution in [2.45, 2.75) is 24.9 Å². The molecule has 0 bridgehead atoms. The Morgan fingerprint density at radius 1 is 1.25 bits per heavy atom. The molecule has 0 spiro atoms.